The Bertz CT molecular complexity index is 1770. The quantitative estimate of drug-likeness (QED) is 0.157. The van der Waals surface area contributed by atoms with Gasteiger partial charge in [0.15, 0.2) is 9.75 Å². The second-order valence-electron chi connectivity index (χ2n) is 11.3. The van der Waals surface area contributed by atoms with Gasteiger partial charge in [0.05, 0.1) is 23.2 Å². The number of amides is 4. The number of hydrogen-bond donors (Lipinski definition) is 1. The van der Waals surface area contributed by atoms with Crippen LogP contribution in [0.1, 0.15) is 24.3 Å². The fraction of sp³-hybridized carbons (Fsp3) is 0.250. The number of carbonyl (C=O) groups is 4. The number of halogens is 4. The minimum absolute atomic E-state index is 0.0847. The Morgan fingerprint density at radius 2 is 1.49 bits per heavy atom. The molecule has 3 aromatic rings. The van der Waals surface area contributed by atoms with Crippen LogP contribution in [0, 0.1) is 27.1 Å². The van der Waals surface area contributed by atoms with Crippen LogP contribution in [-0.4, -0.2) is 38.5 Å². The topological polar surface area (TPSA) is 95.0 Å². The van der Waals surface area contributed by atoms with Crippen molar-refractivity contribution in [3.8, 4) is 5.75 Å². The lowest BCUT2D eigenvalue weighted by Crippen LogP contribution is -2.60. The number of aromatic hydroxyl groups is 1. The summed E-state index contributed by atoms with van der Waals surface area (Å²) in [6, 6.07) is 18.1. The molecular formula is C32H22Cl2FIN2O5. The molecule has 4 amide bonds. The minimum Gasteiger partial charge on any atom is -0.508 e. The first-order chi connectivity index (χ1) is 20.5. The maximum atomic E-state index is 14.3. The van der Waals surface area contributed by atoms with Crippen LogP contribution in [0.25, 0.3) is 0 Å². The van der Waals surface area contributed by atoms with Gasteiger partial charge in [-0.2, -0.15) is 0 Å². The summed E-state index contributed by atoms with van der Waals surface area (Å²) < 4.78 is 14.7. The van der Waals surface area contributed by atoms with E-state index in [4.69, 9.17) is 23.2 Å². The molecule has 0 radical (unpaired) electrons. The highest BCUT2D eigenvalue weighted by molar-refractivity contribution is 14.1. The Hall–Kier alpha value is -3.28. The van der Waals surface area contributed by atoms with Crippen molar-refractivity contribution >= 4 is 80.8 Å². The molecule has 3 aromatic carbocycles. The third kappa shape index (κ3) is 3.90. The van der Waals surface area contributed by atoms with Gasteiger partial charge in [0.25, 0.3) is 11.8 Å². The number of phenolic OH excluding ortho intramolecular Hbond substituents is 1. The van der Waals surface area contributed by atoms with E-state index in [-0.39, 0.29) is 30.2 Å². The van der Waals surface area contributed by atoms with Gasteiger partial charge in [-0.1, -0.05) is 23.8 Å². The molecule has 1 saturated carbocycles. The van der Waals surface area contributed by atoms with E-state index in [9.17, 15) is 28.7 Å². The smallest absolute Gasteiger partial charge is 0.258 e. The third-order valence-corrected chi connectivity index (χ3v) is 11.3. The summed E-state index contributed by atoms with van der Waals surface area (Å²) in [6.45, 7) is 0. The molecule has 2 saturated heterocycles. The lowest BCUT2D eigenvalue weighted by Gasteiger charge is -2.50. The summed E-state index contributed by atoms with van der Waals surface area (Å²) in [6.07, 6.45) is 1.88. The van der Waals surface area contributed by atoms with Crippen molar-refractivity contribution in [1.29, 1.82) is 0 Å². The molecule has 4 aliphatic rings. The number of fused-ring (bicyclic) bond motifs is 4. The van der Waals surface area contributed by atoms with Crippen LogP contribution < -0.4 is 9.80 Å². The summed E-state index contributed by atoms with van der Waals surface area (Å²) in [5.74, 6) is -6.21. The molecular weight excluding hydrogens is 709 g/mol. The maximum absolute atomic E-state index is 14.3. The second kappa shape index (κ2) is 9.87. The van der Waals surface area contributed by atoms with Gasteiger partial charge in [0.1, 0.15) is 11.6 Å². The second-order valence-corrected chi connectivity index (χ2v) is 13.8. The Balaban J connectivity index is 1.39. The summed E-state index contributed by atoms with van der Waals surface area (Å²) in [7, 11) is 0. The number of benzene rings is 3. The SMILES string of the molecule is O=C1[C@H]2[C@H](CC=C3[C@H]2C[C@@]2(Cl)C(=O)N(c4ccc(F)cc4)C(=O)[C@@]2(Cl)[C@H]3c2cccc(O)c2)C(=O)N1c1ccc(I)cc1. The van der Waals surface area contributed by atoms with Gasteiger partial charge in [0.2, 0.25) is 11.8 Å². The third-order valence-electron chi connectivity index (χ3n) is 9.18. The molecule has 0 bridgehead atoms. The molecule has 43 heavy (non-hydrogen) atoms. The van der Waals surface area contributed by atoms with E-state index in [1.165, 1.54) is 29.2 Å². The molecule has 0 spiro atoms. The lowest BCUT2D eigenvalue weighted by atomic mass is 9.56. The van der Waals surface area contributed by atoms with E-state index in [0.29, 0.717) is 16.8 Å². The van der Waals surface area contributed by atoms with Crippen molar-refractivity contribution in [2.75, 3.05) is 9.80 Å². The number of imide groups is 2. The van der Waals surface area contributed by atoms with Gasteiger partial charge in [0, 0.05) is 9.49 Å². The van der Waals surface area contributed by atoms with Crippen molar-refractivity contribution in [2.24, 2.45) is 17.8 Å². The Morgan fingerprint density at radius 3 is 2.16 bits per heavy atom. The van der Waals surface area contributed by atoms with Gasteiger partial charge in [-0.3, -0.25) is 24.1 Å². The molecule has 3 fully saturated rings. The van der Waals surface area contributed by atoms with Crippen molar-refractivity contribution in [1.82, 2.24) is 0 Å². The van der Waals surface area contributed by atoms with Crippen LogP contribution >= 0.6 is 45.8 Å². The highest BCUT2D eigenvalue weighted by Gasteiger charge is 2.76. The minimum atomic E-state index is -2.05. The predicted molar refractivity (Wildman–Crippen MR) is 166 cm³/mol. The number of hydrogen-bond acceptors (Lipinski definition) is 5. The summed E-state index contributed by atoms with van der Waals surface area (Å²) in [4.78, 5) is 54.3. The standard InChI is InChI=1S/C32H22Cl2FIN2O5/c33-31-15-24-22(12-13-23-25(24)28(41)37(27(23)40)19-10-6-18(36)7-11-19)26(16-2-1-3-21(39)14-16)32(31,34)30(43)38(29(31)42)20-8-4-17(35)5-9-20/h1-12,14,23-26,39H,13,15H2/t23-,24+,25-,26-,31+,32-/m0/s1. The predicted octanol–water partition coefficient (Wildman–Crippen LogP) is 5.90. The lowest BCUT2D eigenvalue weighted by molar-refractivity contribution is -0.125. The molecule has 0 aromatic heterocycles. The molecule has 218 valence electrons. The normalized spacial score (nSPS) is 31.6. The van der Waals surface area contributed by atoms with E-state index < -0.39 is 57.0 Å². The fourth-order valence-electron chi connectivity index (χ4n) is 7.32. The van der Waals surface area contributed by atoms with Crippen molar-refractivity contribution in [3.63, 3.8) is 0 Å². The first-order valence-corrected chi connectivity index (χ1v) is 15.5. The Kier molecular flexibility index (Phi) is 6.54. The van der Waals surface area contributed by atoms with E-state index >= 15 is 0 Å². The highest BCUT2D eigenvalue weighted by atomic mass is 127. The fourth-order valence-corrected chi connectivity index (χ4v) is 8.62. The zero-order valence-electron chi connectivity index (χ0n) is 22.2. The highest BCUT2D eigenvalue weighted by Crippen LogP contribution is 2.66. The Labute approximate surface area is 269 Å². The molecule has 2 aliphatic carbocycles. The van der Waals surface area contributed by atoms with Gasteiger partial charge in [-0.15, -0.1) is 23.2 Å². The number of carbonyl (C=O) groups excluding carboxylic acids is 4. The van der Waals surface area contributed by atoms with E-state index in [1.54, 1.807) is 24.3 Å². The van der Waals surface area contributed by atoms with Crippen molar-refractivity contribution in [2.45, 2.75) is 28.5 Å². The van der Waals surface area contributed by atoms with Crippen LogP contribution in [-0.2, 0) is 19.2 Å². The van der Waals surface area contributed by atoms with Crippen LogP contribution in [0.2, 0.25) is 0 Å². The van der Waals surface area contributed by atoms with Gasteiger partial charge >= 0.3 is 0 Å². The number of rotatable bonds is 3. The van der Waals surface area contributed by atoms with E-state index in [1.807, 2.05) is 18.2 Å². The van der Waals surface area contributed by atoms with Gasteiger partial charge < -0.3 is 5.11 Å². The molecule has 0 unspecified atom stereocenters. The first-order valence-electron chi connectivity index (χ1n) is 13.6. The monoisotopic (exact) mass is 730 g/mol. The number of alkyl halides is 2. The van der Waals surface area contributed by atoms with Crippen molar-refractivity contribution in [3.05, 3.63) is 99.4 Å². The molecule has 7 rings (SSSR count). The summed E-state index contributed by atoms with van der Waals surface area (Å²) in [5.41, 5.74) is 1.61. The first kappa shape index (κ1) is 28.5. The van der Waals surface area contributed by atoms with Crippen LogP contribution in [0.15, 0.2) is 84.4 Å². The van der Waals surface area contributed by atoms with Crippen LogP contribution in [0.5, 0.6) is 5.75 Å². The average Bonchev–Trinajstić information content (AvgIpc) is 3.32. The Morgan fingerprint density at radius 1 is 0.837 bits per heavy atom. The average molecular weight is 731 g/mol. The molecule has 6 atom stereocenters. The number of phenols is 1. The number of anilines is 2. The molecule has 11 heteroatoms. The van der Waals surface area contributed by atoms with Crippen LogP contribution in [0.3, 0.4) is 0 Å². The molecule has 7 nitrogen and oxygen atoms in total. The summed E-state index contributed by atoms with van der Waals surface area (Å²) >= 11 is 16.8. The van der Waals surface area contributed by atoms with Crippen LogP contribution in [0.4, 0.5) is 15.8 Å². The van der Waals surface area contributed by atoms with E-state index in [0.717, 1.165) is 20.6 Å². The molecule has 2 heterocycles. The molecule has 2 aliphatic heterocycles. The number of nitrogens with zero attached hydrogens (tertiary/aromatic N) is 2. The van der Waals surface area contributed by atoms with Gasteiger partial charge in [-0.05, 0) is 108 Å². The van der Waals surface area contributed by atoms with Crippen molar-refractivity contribution < 1.29 is 28.7 Å². The largest absolute Gasteiger partial charge is 0.508 e. The van der Waals surface area contributed by atoms with Gasteiger partial charge in [-0.25, -0.2) is 9.29 Å². The number of allylic oxidation sites excluding steroid dienone is 2. The zero-order chi connectivity index (χ0) is 30.4. The van der Waals surface area contributed by atoms with E-state index in [2.05, 4.69) is 22.6 Å². The summed E-state index contributed by atoms with van der Waals surface area (Å²) in [5, 5.41) is 10.4. The molecule has 1 N–H and O–H groups in total. The zero-order valence-corrected chi connectivity index (χ0v) is 25.9. The maximum Gasteiger partial charge on any atom is 0.258 e.